The Hall–Kier alpha value is -2.37. The smallest absolute Gasteiger partial charge is 0.231 e. The molecule has 1 aromatic rings. The van der Waals surface area contributed by atoms with E-state index < -0.39 is 0 Å². The maximum Gasteiger partial charge on any atom is 0.231 e. The van der Waals surface area contributed by atoms with E-state index >= 15 is 0 Å². The van der Waals surface area contributed by atoms with Gasteiger partial charge in [-0.1, -0.05) is 6.08 Å². The Balaban J connectivity index is 1.79. The fraction of sp³-hybridized carbons (Fsp3) is 0.500. The third kappa shape index (κ3) is 5.37. The molecule has 1 N–H and O–H groups in total. The van der Waals surface area contributed by atoms with Crippen LogP contribution in [-0.2, 0) is 0 Å². The van der Waals surface area contributed by atoms with Gasteiger partial charge in [0.25, 0.3) is 0 Å². The first-order valence-electron chi connectivity index (χ1n) is 8.37. The molecule has 0 saturated carbocycles. The lowest BCUT2D eigenvalue weighted by molar-refractivity contribution is 0.174. The van der Waals surface area contributed by atoms with E-state index in [-0.39, 0.29) is 6.79 Å². The number of fused-ring (bicyclic) bond motifs is 1. The van der Waals surface area contributed by atoms with Gasteiger partial charge in [0.1, 0.15) is 12.4 Å². The maximum atomic E-state index is 5.74. The van der Waals surface area contributed by atoms with E-state index in [0.29, 0.717) is 13.2 Å². The summed E-state index contributed by atoms with van der Waals surface area (Å²) in [7, 11) is 2.04. The van der Waals surface area contributed by atoms with Crippen LogP contribution < -0.4 is 19.5 Å². The van der Waals surface area contributed by atoms with Crippen LogP contribution in [0.5, 0.6) is 17.2 Å². The molecule has 1 aliphatic rings. The van der Waals surface area contributed by atoms with Crippen molar-refractivity contribution in [3.8, 4) is 17.2 Å². The molecule has 0 aromatic heterocycles. The van der Waals surface area contributed by atoms with Gasteiger partial charge < -0.3 is 24.4 Å². The Kier molecular flexibility index (Phi) is 7.26. The molecule has 0 radical (unpaired) electrons. The number of rotatable bonds is 9. The second-order valence-corrected chi connectivity index (χ2v) is 5.45. The van der Waals surface area contributed by atoms with E-state index in [4.69, 9.17) is 14.2 Å². The fourth-order valence-electron chi connectivity index (χ4n) is 2.33. The molecule has 2 rings (SSSR count). The molecule has 0 atom stereocenters. The molecule has 0 spiro atoms. The highest BCUT2D eigenvalue weighted by Gasteiger charge is 2.13. The van der Waals surface area contributed by atoms with Gasteiger partial charge in [-0.25, -0.2) is 4.99 Å². The lowest BCUT2D eigenvalue weighted by Gasteiger charge is -2.21. The number of hydrogen-bond donors (Lipinski definition) is 1. The van der Waals surface area contributed by atoms with Gasteiger partial charge in [0.15, 0.2) is 17.5 Å². The summed E-state index contributed by atoms with van der Waals surface area (Å²) in [6.45, 7) is 8.97. The molecule has 1 aromatic carbocycles. The summed E-state index contributed by atoms with van der Waals surface area (Å²) >= 11 is 0. The van der Waals surface area contributed by atoms with Crippen molar-refractivity contribution in [3.05, 3.63) is 30.9 Å². The summed E-state index contributed by atoms with van der Waals surface area (Å²) in [6.07, 6.45) is 4.02. The average Bonchev–Trinajstić information content (AvgIpc) is 3.05. The lowest BCUT2D eigenvalue weighted by Crippen LogP contribution is -2.39. The molecule has 0 saturated heterocycles. The molecule has 0 unspecified atom stereocenters. The van der Waals surface area contributed by atoms with Crippen LogP contribution in [0.4, 0.5) is 0 Å². The highest BCUT2D eigenvalue weighted by Crippen LogP contribution is 2.34. The van der Waals surface area contributed by atoms with E-state index in [1.807, 2.05) is 31.3 Å². The Morgan fingerprint density at radius 2 is 2.25 bits per heavy atom. The number of nitrogens with zero attached hydrogens (tertiary/aromatic N) is 2. The molecule has 6 heteroatoms. The zero-order chi connectivity index (χ0) is 17.2. The van der Waals surface area contributed by atoms with E-state index in [1.165, 1.54) is 0 Å². The maximum absolute atomic E-state index is 5.74. The van der Waals surface area contributed by atoms with Gasteiger partial charge in [0.2, 0.25) is 6.79 Å². The number of guanidine groups is 1. The van der Waals surface area contributed by atoms with Crippen LogP contribution >= 0.6 is 0 Å². The summed E-state index contributed by atoms with van der Waals surface area (Å²) < 4.78 is 16.4. The van der Waals surface area contributed by atoms with Crippen LogP contribution in [0.25, 0.3) is 0 Å². The van der Waals surface area contributed by atoms with Gasteiger partial charge in [-0.05, 0) is 31.9 Å². The average molecular weight is 333 g/mol. The third-order valence-electron chi connectivity index (χ3n) is 3.56. The standard InChI is InChI=1S/C18H27N3O3/c1-4-6-7-11-21(3)18(19-5-2)20-10-12-22-15-8-9-16-17(13-15)24-14-23-16/h4,8-9,13H,1,5-7,10-12,14H2,2-3H3,(H,19,20). The second kappa shape index (κ2) is 9.70. The highest BCUT2D eigenvalue weighted by atomic mass is 16.7. The first kappa shape index (κ1) is 18.0. The number of allylic oxidation sites excluding steroid dienone is 1. The molecule has 6 nitrogen and oxygen atoms in total. The minimum atomic E-state index is 0.271. The molecule has 1 heterocycles. The number of ether oxygens (including phenoxy) is 3. The molecular weight excluding hydrogens is 306 g/mol. The summed E-state index contributed by atoms with van der Waals surface area (Å²) in [5, 5.41) is 3.30. The van der Waals surface area contributed by atoms with Crippen LogP contribution in [0.1, 0.15) is 19.8 Å². The lowest BCUT2D eigenvalue weighted by atomic mass is 10.3. The largest absolute Gasteiger partial charge is 0.492 e. The predicted octanol–water partition coefficient (Wildman–Crippen LogP) is 2.66. The van der Waals surface area contributed by atoms with Gasteiger partial charge in [-0.3, -0.25) is 0 Å². The SMILES string of the molecule is C=CCCCN(C)C(=NCCOc1ccc2c(c1)OCO2)NCC. The highest BCUT2D eigenvalue weighted by molar-refractivity contribution is 5.79. The Morgan fingerprint density at radius 3 is 3.04 bits per heavy atom. The molecule has 24 heavy (non-hydrogen) atoms. The van der Waals surface area contributed by atoms with Crippen LogP contribution in [-0.4, -0.2) is 50.9 Å². The number of unbranched alkanes of at least 4 members (excludes halogenated alkanes) is 1. The van der Waals surface area contributed by atoms with Gasteiger partial charge in [-0.15, -0.1) is 6.58 Å². The molecule has 0 aliphatic carbocycles. The topological polar surface area (TPSA) is 55.3 Å². The molecule has 0 fully saturated rings. The van der Waals surface area contributed by atoms with Crippen LogP contribution in [0.3, 0.4) is 0 Å². The van der Waals surface area contributed by atoms with Crippen molar-refractivity contribution in [3.63, 3.8) is 0 Å². The van der Waals surface area contributed by atoms with E-state index in [2.05, 4.69) is 28.7 Å². The monoisotopic (exact) mass is 333 g/mol. The fourth-order valence-corrected chi connectivity index (χ4v) is 2.33. The van der Waals surface area contributed by atoms with Crippen molar-refractivity contribution in [2.75, 3.05) is 40.1 Å². The van der Waals surface area contributed by atoms with Crippen LogP contribution in [0.2, 0.25) is 0 Å². The van der Waals surface area contributed by atoms with Crippen molar-refractivity contribution in [1.29, 1.82) is 0 Å². The molecular formula is C18H27N3O3. The number of hydrogen-bond acceptors (Lipinski definition) is 4. The Labute approximate surface area is 144 Å². The first-order chi connectivity index (χ1) is 11.7. The van der Waals surface area contributed by atoms with E-state index in [9.17, 15) is 0 Å². The van der Waals surface area contributed by atoms with Gasteiger partial charge in [-0.2, -0.15) is 0 Å². The van der Waals surface area contributed by atoms with Crippen molar-refractivity contribution < 1.29 is 14.2 Å². The second-order valence-electron chi connectivity index (χ2n) is 5.45. The van der Waals surface area contributed by atoms with Crippen molar-refractivity contribution >= 4 is 5.96 Å². The van der Waals surface area contributed by atoms with Crippen LogP contribution in [0, 0.1) is 0 Å². The summed E-state index contributed by atoms with van der Waals surface area (Å²) in [6, 6.07) is 5.58. The number of nitrogens with one attached hydrogen (secondary N) is 1. The minimum Gasteiger partial charge on any atom is -0.492 e. The first-order valence-corrected chi connectivity index (χ1v) is 8.37. The predicted molar refractivity (Wildman–Crippen MR) is 96.1 cm³/mol. The summed E-state index contributed by atoms with van der Waals surface area (Å²) in [4.78, 5) is 6.74. The van der Waals surface area contributed by atoms with Crippen LogP contribution in [0.15, 0.2) is 35.8 Å². The van der Waals surface area contributed by atoms with Gasteiger partial charge in [0.05, 0.1) is 6.54 Å². The Bertz CT molecular complexity index is 560. The summed E-state index contributed by atoms with van der Waals surface area (Å²) in [5.74, 6) is 3.15. The minimum absolute atomic E-state index is 0.271. The zero-order valence-electron chi connectivity index (χ0n) is 14.6. The van der Waals surface area contributed by atoms with E-state index in [1.54, 1.807) is 0 Å². The number of aliphatic imine (C=N–C) groups is 1. The molecule has 0 bridgehead atoms. The van der Waals surface area contributed by atoms with Crippen molar-refractivity contribution in [1.82, 2.24) is 10.2 Å². The molecule has 132 valence electrons. The number of benzene rings is 1. The molecule has 1 aliphatic heterocycles. The quantitative estimate of drug-likeness (QED) is 0.326. The summed E-state index contributed by atoms with van der Waals surface area (Å²) in [5.41, 5.74) is 0. The Morgan fingerprint density at radius 1 is 1.42 bits per heavy atom. The third-order valence-corrected chi connectivity index (χ3v) is 3.56. The van der Waals surface area contributed by atoms with Crippen molar-refractivity contribution in [2.45, 2.75) is 19.8 Å². The normalized spacial score (nSPS) is 12.8. The van der Waals surface area contributed by atoms with Gasteiger partial charge in [0, 0.05) is 26.2 Å². The van der Waals surface area contributed by atoms with Gasteiger partial charge >= 0.3 is 0 Å². The van der Waals surface area contributed by atoms with Crippen molar-refractivity contribution in [2.24, 2.45) is 4.99 Å². The zero-order valence-corrected chi connectivity index (χ0v) is 14.6. The molecule has 0 amide bonds. The van der Waals surface area contributed by atoms with E-state index in [0.717, 1.165) is 49.1 Å².